The van der Waals surface area contributed by atoms with E-state index in [0.717, 1.165) is 63.5 Å². The monoisotopic (exact) mass is 682 g/mol. The summed E-state index contributed by atoms with van der Waals surface area (Å²) < 4.78 is 68.0. The highest BCUT2D eigenvalue weighted by Crippen LogP contribution is 2.69. The van der Waals surface area contributed by atoms with E-state index in [1.807, 2.05) is 4.72 Å². The summed E-state index contributed by atoms with van der Waals surface area (Å²) in [4.78, 5) is 12.4. The van der Waals surface area contributed by atoms with Gasteiger partial charge in [0.1, 0.15) is 0 Å². The number of alkyl halides is 3. The first kappa shape index (κ1) is 35.0. The number of hydrogen-bond donors (Lipinski definition) is 4. The van der Waals surface area contributed by atoms with Crippen LogP contribution in [0.3, 0.4) is 0 Å². The average molecular weight is 683 g/mol. The Labute approximate surface area is 277 Å². The maximum Gasteiger partial charge on any atom is 0.398 e. The van der Waals surface area contributed by atoms with Crippen molar-refractivity contribution in [2.24, 2.45) is 52.3 Å². The summed E-state index contributed by atoms with van der Waals surface area (Å²) in [6.07, 6.45) is 3.59. The molecule has 0 aliphatic heterocycles. The maximum atomic E-state index is 13.5. The molecule has 11 atom stereocenters. The molecule has 4 N–H and O–H groups in total. The number of rotatable bonds is 8. The Bertz CT molecular complexity index is 1430. The zero-order chi connectivity index (χ0) is 34.2. The SMILES string of the molecule is CC[C@H]1[C@@H](O)[C@@H]2[C@H](CC[C@]3(C)[C@@H]([C@H](C)CCNC(=O)NS(=O)(=O)c4ccc(C5(C(F)(F)F)CC5)cc4)CC[C@@H]23)[C@@]2(C)CC[C@@H](O)C[C@@H]12. The van der Waals surface area contributed by atoms with E-state index in [2.05, 4.69) is 33.0 Å². The fourth-order valence-corrected chi connectivity index (χ4v) is 12.5. The van der Waals surface area contributed by atoms with Crippen LogP contribution in [-0.2, 0) is 15.4 Å². The van der Waals surface area contributed by atoms with Crippen molar-refractivity contribution >= 4 is 16.1 Å². The summed E-state index contributed by atoms with van der Waals surface area (Å²) in [7, 11) is -4.25. The zero-order valence-corrected chi connectivity index (χ0v) is 29.0. The third-order valence-electron chi connectivity index (χ3n) is 14.3. The van der Waals surface area contributed by atoms with Crippen LogP contribution in [0.15, 0.2) is 29.2 Å². The van der Waals surface area contributed by atoms with Gasteiger partial charge in [-0.2, -0.15) is 13.2 Å². The van der Waals surface area contributed by atoms with E-state index in [0.29, 0.717) is 36.6 Å². The van der Waals surface area contributed by atoms with Gasteiger partial charge in [0.05, 0.1) is 22.5 Å². The maximum absolute atomic E-state index is 13.5. The molecule has 0 saturated heterocycles. The van der Waals surface area contributed by atoms with Crippen molar-refractivity contribution < 1.29 is 36.6 Å². The van der Waals surface area contributed by atoms with Crippen molar-refractivity contribution in [3.63, 3.8) is 0 Å². The van der Waals surface area contributed by atoms with Crippen LogP contribution in [0.25, 0.3) is 0 Å². The normalized spacial score (nSPS) is 40.0. The smallest absolute Gasteiger partial charge is 0.393 e. The topological polar surface area (TPSA) is 116 Å². The lowest BCUT2D eigenvalue weighted by atomic mass is 9.41. The first-order chi connectivity index (χ1) is 22.0. The summed E-state index contributed by atoms with van der Waals surface area (Å²) >= 11 is 0. The van der Waals surface area contributed by atoms with Gasteiger partial charge in [-0.3, -0.25) is 0 Å². The van der Waals surface area contributed by atoms with E-state index >= 15 is 0 Å². The summed E-state index contributed by atoms with van der Waals surface area (Å²) in [6.45, 7) is 9.54. The number of fused-ring (bicyclic) bond motifs is 5. The number of carbonyl (C=O) groups excluding carboxylic acids is 1. The number of benzene rings is 1. The molecule has 6 rings (SSSR count). The number of urea groups is 1. The van der Waals surface area contributed by atoms with E-state index in [9.17, 15) is 36.6 Å². The Morgan fingerprint density at radius 3 is 2.21 bits per heavy atom. The van der Waals surface area contributed by atoms with Crippen molar-refractivity contribution in [3.05, 3.63) is 29.8 Å². The predicted octanol–water partition coefficient (Wildman–Crippen LogP) is 6.92. The molecule has 5 aliphatic carbocycles. The molecule has 0 spiro atoms. The molecule has 2 amide bonds. The molecule has 0 aromatic heterocycles. The second-order valence-corrected chi connectivity index (χ2v) is 18.0. The molecule has 1 aromatic rings. The van der Waals surface area contributed by atoms with Gasteiger partial charge in [-0.05, 0) is 134 Å². The molecule has 5 fully saturated rings. The fraction of sp³-hybridized carbons (Fsp3) is 0.806. The van der Waals surface area contributed by atoms with Crippen molar-refractivity contribution in [3.8, 4) is 0 Å². The number of sulfonamides is 1. The van der Waals surface area contributed by atoms with Crippen LogP contribution < -0.4 is 10.0 Å². The molecule has 0 bridgehead atoms. The van der Waals surface area contributed by atoms with Crippen molar-refractivity contribution in [2.45, 2.75) is 127 Å². The van der Waals surface area contributed by atoms with Crippen molar-refractivity contribution in [1.82, 2.24) is 10.0 Å². The lowest BCUT2D eigenvalue weighted by molar-refractivity contribution is -0.203. The van der Waals surface area contributed by atoms with E-state index in [1.165, 1.54) is 12.1 Å². The van der Waals surface area contributed by atoms with Gasteiger partial charge in [-0.25, -0.2) is 17.9 Å². The number of amides is 2. The Morgan fingerprint density at radius 1 is 0.957 bits per heavy atom. The van der Waals surface area contributed by atoms with E-state index in [1.54, 1.807) is 0 Å². The first-order valence-corrected chi connectivity index (χ1v) is 19.3. The lowest BCUT2D eigenvalue weighted by Crippen LogP contribution is -2.62. The minimum absolute atomic E-state index is 0.0175. The minimum atomic E-state index is -4.39. The molecule has 264 valence electrons. The molecule has 5 aliphatic rings. The quantitative estimate of drug-likeness (QED) is 0.238. The summed E-state index contributed by atoms with van der Waals surface area (Å²) in [5.41, 5.74) is -1.63. The molecule has 11 heteroatoms. The number of aliphatic hydroxyl groups is 2. The number of aliphatic hydroxyl groups excluding tert-OH is 2. The van der Waals surface area contributed by atoms with Gasteiger partial charge in [-0.1, -0.05) is 46.2 Å². The summed E-state index contributed by atoms with van der Waals surface area (Å²) in [5, 5.41) is 25.1. The second kappa shape index (κ2) is 12.2. The van der Waals surface area contributed by atoms with Crippen molar-refractivity contribution in [2.75, 3.05) is 6.54 Å². The zero-order valence-electron chi connectivity index (χ0n) is 28.2. The summed E-state index contributed by atoms with van der Waals surface area (Å²) in [5.74, 6) is 2.44. The van der Waals surface area contributed by atoms with Crippen LogP contribution in [-0.4, -0.2) is 49.6 Å². The molecule has 47 heavy (non-hydrogen) atoms. The van der Waals surface area contributed by atoms with E-state index in [-0.39, 0.29) is 64.1 Å². The molecule has 5 saturated carbocycles. The lowest BCUT2D eigenvalue weighted by Gasteiger charge is -2.64. The first-order valence-electron chi connectivity index (χ1n) is 17.8. The highest BCUT2D eigenvalue weighted by Gasteiger charge is 2.65. The van der Waals surface area contributed by atoms with Gasteiger partial charge in [0.25, 0.3) is 10.0 Å². The Hall–Kier alpha value is -1.85. The van der Waals surface area contributed by atoms with Crippen LogP contribution in [0.4, 0.5) is 18.0 Å². The molecular formula is C36H53F3N2O5S. The van der Waals surface area contributed by atoms with Gasteiger partial charge in [0, 0.05) is 6.54 Å². The Balaban J connectivity index is 1.05. The molecule has 7 nitrogen and oxygen atoms in total. The highest BCUT2D eigenvalue weighted by molar-refractivity contribution is 7.90. The number of carbonyl (C=O) groups is 1. The average Bonchev–Trinajstić information content (AvgIpc) is 3.75. The largest absolute Gasteiger partial charge is 0.398 e. The van der Waals surface area contributed by atoms with Gasteiger partial charge < -0.3 is 15.5 Å². The molecular weight excluding hydrogens is 629 g/mol. The predicted molar refractivity (Wildman–Crippen MR) is 173 cm³/mol. The number of nitrogens with one attached hydrogen (secondary N) is 2. The third-order valence-corrected chi connectivity index (χ3v) is 15.6. The molecule has 0 unspecified atom stereocenters. The van der Waals surface area contributed by atoms with Crippen LogP contribution in [0, 0.1) is 52.3 Å². The summed E-state index contributed by atoms with van der Waals surface area (Å²) in [6, 6.07) is 3.75. The molecule has 0 radical (unpaired) electrons. The molecule has 0 heterocycles. The van der Waals surface area contributed by atoms with Crippen LogP contribution in [0.5, 0.6) is 0 Å². The van der Waals surface area contributed by atoms with Gasteiger partial charge in [0.15, 0.2) is 0 Å². The van der Waals surface area contributed by atoms with Gasteiger partial charge in [0.2, 0.25) is 0 Å². The second-order valence-electron chi connectivity index (χ2n) is 16.4. The Kier molecular flexibility index (Phi) is 9.07. The number of hydrogen-bond acceptors (Lipinski definition) is 5. The Morgan fingerprint density at radius 2 is 1.60 bits per heavy atom. The highest BCUT2D eigenvalue weighted by atomic mass is 32.2. The number of halogens is 3. The van der Waals surface area contributed by atoms with Crippen LogP contribution >= 0.6 is 0 Å². The fourth-order valence-electron chi connectivity index (χ4n) is 11.6. The van der Waals surface area contributed by atoms with E-state index < -0.39 is 27.6 Å². The molecule has 1 aromatic carbocycles. The minimum Gasteiger partial charge on any atom is -0.393 e. The van der Waals surface area contributed by atoms with Crippen LogP contribution in [0.2, 0.25) is 0 Å². The van der Waals surface area contributed by atoms with Crippen LogP contribution in [0.1, 0.15) is 104 Å². The van der Waals surface area contributed by atoms with Gasteiger partial charge in [-0.15, -0.1) is 0 Å². The van der Waals surface area contributed by atoms with E-state index in [4.69, 9.17) is 0 Å². The third kappa shape index (κ3) is 5.81. The van der Waals surface area contributed by atoms with Crippen molar-refractivity contribution in [1.29, 1.82) is 0 Å². The standard InChI is InChI=1S/C36H53F3N2O5S/c1-5-25-29-20-23(42)12-15-34(29,4)28-13-16-33(3)26(10-11-27(33)30(28)31(25)43)21(2)14-19-40-32(44)41-47(45,46)24-8-6-22(7-9-24)35(17-18-35)36(37,38)39/h6-9,21,23,25-31,42-43H,5,10-20H2,1-4H3,(H2,40,41,44)/t21-,23-,25-,26-,27+,28+,29+,30+,31-,33-,34-/m1/s1. The van der Waals surface area contributed by atoms with Gasteiger partial charge >= 0.3 is 12.2 Å².